The SMILES string of the molecule is O=C(CSCCc1ccccc1)Nc1cc([N+](=O)[O-])ccc1Cl. The minimum atomic E-state index is -0.527. The summed E-state index contributed by atoms with van der Waals surface area (Å²) in [5.41, 5.74) is 1.37. The molecule has 0 unspecified atom stereocenters. The van der Waals surface area contributed by atoms with E-state index in [0.29, 0.717) is 0 Å². The molecule has 2 rings (SSSR count). The van der Waals surface area contributed by atoms with E-state index in [2.05, 4.69) is 5.32 Å². The molecule has 5 nitrogen and oxygen atoms in total. The van der Waals surface area contributed by atoms with Gasteiger partial charge >= 0.3 is 0 Å². The third-order valence-corrected chi connectivity index (χ3v) is 4.33. The molecule has 7 heteroatoms. The molecule has 0 heterocycles. The molecule has 120 valence electrons. The number of carbonyl (C=O) groups is 1. The molecule has 0 saturated carbocycles. The van der Waals surface area contributed by atoms with Crippen LogP contribution in [0, 0.1) is 10.1 Å². The molecule has 2 aromatic rings. The molecule has 0 aliphatic rings. The van der Waals surface area contributed by atoms with Crippen molar-refractivity contribution in [2.24, 2.45) is 0 Å². The predicted molar refractivity (Wildman–Crippen MR) is 94.2 cm³/mol. The fourth-order valence-electron chi connectivity index (χ4n) is 1.91. The van der Waals surface area contributed by atoms with Crippen LogP contribution in [0.3, 0.4) is 0 Å². The number of non-ortho nitro benzene ring substituents is 1. The van der Waals surface area contributed by atoms with Gasteiger partial charge in [0.05, 0.1) is 21.4 Å². The molecule has 0 aliphatic heterocycles. The molecule has 23 heavy (non-hydrogen) atoms. The Hall–Kier alpha value is -2.05. The highest BCUT2D eigenvalue weighted by Gasteiger charge is 2.12. The van der Waals surface area contributed by atoms with E-state index in [1.807, 2.05) is 30.3 Å². The lowest BCUT2D eigenvalue weighted by molar-refractivity contribution is -0.384. The lowest BCUT2D eigenvalue weighted by Gasteiger charge is -2.07. The first-order chi connectivity index (χ1) is 11.1. The molecule has 0 bridgehead atoms. The van der Waals surface area contributed by atoms with Crippen molar-refractivity contribution in [2.75, 3.05) is 16.8 Å². The van der Waals surface area contributed by atoms with E-state index in [9.17, 15) is 14.9 Å². The van der Waals surface area contributed by atoms with Crippen molar-refractivity contribution in [3.05, 3.63) is 69.2 Å². The Morgan fingerprint density at radius 3 is 2.65 bits per heavy atom. The topological polar surface area (TPSA) is 72.2 Å². The number of carbonyl (C=O) groups excluding carboxylic acids is 1. The maximum Gasteiger partial charge on any atom is 0.271 e. The second kappa shape index (κ2) is 8.55. The summed E-state index contributed by atoms with van der Waals surface area (Å²) in [4.78, 5) is 22.1. The fraction of sp³-hybridized carbons (Fsp3) is 0.188. The average Bonchev–Trinajstić information content (AvgIpc) is 2.54. The largest absolute Gasteiger partial charge is 0.324 e. The Morgan fingerprint density at radius 2 is 1.96 bits per heavy atom. The first kappa shape index (κ1) is 17.3. The van der Waals surface area contributed by atoms with Crippen LogP contribution in [0.2, 0.25) is 5.02 Å². The normalized spacial score (nSPS) is 10.3. The van der Waals surface area contributed by atoms with Gasteiger partial charge in [0.2, 0.25) is 5.91 Å². The zero-order chi connectivity index (χ0) is 16.7. The molecule has 0 spiro atoms. The lowest BCUT2D eigenvalue weighted by Crippen LogP contribution is -2.15. The molecule has 0 radical (unpaired) electrons. The maximum absolute atomic E-state index is 11.9. The van der Waals surface area contributed by atoms with Crippen LogP contribution < -0.4 is 5.32 Å². The molecule has 1 N–H and O–H groups in total. The molecule has 2 aromatic carbocycles. The summed E-state index contributed by atoms with van der Waals surface area (Å²) in [6, 6.07) is 14.0. The second-order valence-electron chi connectivity index (χ2n) is 4.76. The summed E-state index contributed by atoms with van der Waals surface area (Å²) in [7, 11) is 0. The van der Waals surface area contributed by atoms with Gasteiger partial charge in [-0.1, -0.05) is 41.9 Å². The predicted octanol–water partition coefficient (Wildman–Crippen LogP) is 4.16. The summed E-state index contributed by atoms with van der Waals surface area (Å²) in [5.74, 6) is 0.858. The van der Waals surface area contributed by atoms with Gasteiger partial charge in [0.15, 0.2) is 0 Å². The quantitative estimate of drug-likeness (QED) is 0.462. The number of amides is 1. The van der Waals surface area contributed by atoms with Gasteiger partial charge in [-0.05, 0) is 23.8 Å². The van der Waals surface area contributed by atoms with Gasteiger partial charge in [0.1, 0.15) is 0 Å². The maximum atomic E-state index is 11.9. The molecule has 0 aliphatic carbocycles. The Kier molecular flexibility index (Phi) is 6.43. The van der Waals surface area contributed by atoms with E-state index in [0.717, 1.165) is 12.2 Å². The number of rotatable bonds is 7. The van der Waals surface area contributed by atoms with Crippen LogP contribution in [0.5, 0.6) is 0 Å². The minimum Gasteiger partial charge on any atom is -0.324 e. The van der Waals surface area contributed by atoms with Crippen LogP contribution >= 0.6 is 23.4 Å². The second-order valence-corrected chi connectivity index (χ2v) is 6.27. The van der Waals surface area contributed by atoms with Crippen molar-refractivity contribution >= 4 is 40.6 Å². The minimum absolute atomic E-state index is 0.110. The Labute approximate surface area is 143 Å². The van der Waals surface area contributed by atoms with Gasteiger partial charge in [0.25, 0.3) is 5.69 Å². The average molecular weight is 351 g/mol. The van der Waals surface area contributed by atoms with Gasteiger partial charge < -0.3 is 5.32 Å². The number of nitro groups is 1. The lowest BCUT2D eigenvalue weighted by atomic mass is 10.2. The van der Waals surface area contributed by atoms with E-state index in [4.69, 9.17) is 11.6 Å². The van der Waals surface area contributed by atoms with Gasteiger partial charge in [-0.3, -0.25) is 14.9 Å². The van der Waals surface area contributed by atoms with Gasteiger partial charge in [0, 0.05) is 12.1 Å². The smallest absolute Gasteiger partial charge is 0.271 e. The van der Waals surface area contributed by atoms with Crippen molar-refractivity contribution in [1.82, 2.24) is 0 Å². The van der Waals surface area contributed by atoms with Crippen molar-refractivity contribution in [3.8, 4) is 0 Å². The van der Waals surface area contributed by atoms with Gasteiger partial charge in [-0.25, -0.2) is 0 Å². The number of halogens is 1. The Balaban J connectivity index is 1.81. The van der Waals surface area contributed by atoms with E-state index in [1.54, 1.807) is 0 Å². The van der Waals surface area contributed by atoms with Gasteiger partial charge in [-0.15, -0.1) is 0 Å². The third-order valence-electron chi connectivity index (χ3n) is 3.05. The molecular weight excluding hydrogens is 336 g/mol. The highest BCUT2D eigenvalue weighted by Crippen LogP contribution is 2.26. The Morgan fingerprint density at radius 1 is 1.22 bits per heavy atom. The zero-order valence-electron chi connectivity index (χ0n) is 12.2. The number of benzene rings is 2. The number of nitrogens with zero attached hydrogens (tertiary/aromatic N) is 1. The van der Waals surface area contributed by atoms with Crippen molar-refractivity contribution in [2.45, 2.75) is 6.42 Å². The number of nitro benzene ring substituents is 1. The van der Waals surface area contributed by atoms with Crippen LogP contribution in [0.25, 0.3) is 0 Å². The molecule has 1 amide bonds. The molecule has 0 aromatic heterocycles. The monoisotopic (exact) mass is 350 g/mol. The van der Waals surface area contributed by atoms with E-state index < -0.39 is 4.92 Å². The van der Waals surface area contributed by atoms with Crippen LogP contribution in [-0.2, 0) is 11.2 Å². The van der Waals surface area contributed by atoms with Crippen LogP contribution in [-0.4, -0.2) is 22.3 Å². The third kappa shape index (κ3) is 5.58. The van der Waals surface area contributed by atoms with Crippen molar-refractivity contribution in [3.63, 3.8) is 0 Å². The highest BCUT2D eigenvalue weighted by molar-refractivity contribution is 7.99. The molecular formula is C16H15ClN2O3S. The number of nitrogens with one attached hydrogen (secondary N) is 1. The summed E-state index contributed by atoms with van der Waals surface area (Å²) < 4.78 is 0. The van der Waals surface area contributed by atoms with E-state index in [-0.39, 0.29) is 28.1 Å². The Bertz CT molecular complexity index is 695. The van der Waals surface area contributed by atoms with Crippen LogP contribution in [0.15, 0.2) is 48.5 Å². The first-order valence-electron chi connectivity index (χ1n) is 6.92. The highest BCUT2D eigenvalue weighted by atomic mass is 35.5. The number of thioether (sulfide) groups is 1. The number of anilines is 1. The number of aryl methyl sites for hydroxylation is 1. The van der Waals surface area contributed by atoms with Crippen LogP contribution in [0.1, 0.15) is 5.56 Å². The zero-order valence-corrected chi connectivity index (χ0v) is 13.8. The number of hydrogen-bond acceptors (Lipinski definition) is 4. The van der Waals surface area contributed by atoms with Crippen LogP contribution in [0.4, 0.5) is 11.4 Å². The molecule has 0 fully saturated rings. The molecule has 0 atom stereocenters. The summed E-state index contributed by atoms with van der Waals surface area (Å²) in [6.45, 7) is 0. The van der Waals surface area contributed by atoms with Gasteiger partial charge in [-0.2, -0.15) is 11.8 Å². The first-order valence-corrected chi connectivity index (χ1v) is 8.45. The summed E-state index contributed by atoms with van der Waals surface area (Å²) in [5, 5.41) is 13.6. The van der Waals surface area contributed by atoms with E-state index >= 15 is 0 Å². The van der Waals surface area contributed by atoms with Crippen molar-refractivity contribution < 1.29 is 9.72 Å². The fourth-order valence-corrected chi connectivity index (χ4v) is 2.86. The summed E-state index contributed by atoms with van der Waals surface area (Å²) in [6.07, 6.45) is 0.885. The number of hydrogen-bond donors (Lipinski definition) is 1. The van der Waals surface area contributed by atoms with Crippen molar-refractivity contribution in [1.29, 1.82) is 0 Å². The van der Waals surface area contributed by atoms with E-state index in [1.165, 1.54) is 35.5 Å². The molecule has 0 saturated heterocycles. The summed E-state index contributed by atoms with van der Waals surface area (Å²) >= 11 is 7.45. The standard InChI is InChI=1S/C16H15ClN2O3S/c17-14-7-6-13(19(21)22)10-15(14)18-16(20)11-23-9-8-12-4-2-1-3-5-12/h1-7,10H,8-9,11H2,(H,18,20).